The zero-order valence-electron chi connectivity index (χ0n) is 8.75. The zero-order chi connectivity index (χ0) is 10.2. The van der Waals surface area contributed by atoms with Gasteiger partial charge in [-0.2, -0.15) is 0 Å². The van der Waals surface area contributed by atoms with Crippen LogP contribution in [0.5, 0.6) is 0 Å². The molecule has 1 aliphatic rings. The van der Waals surface area contributed by atoms with Gasteiger partial charge in [-0.05, 0) is 19.3 Å². The SMILES string of the molecule is COCCNC(=O)CC1CCCCO1. The topological polar surface area (TPSA) is 47.6 Å². The van der Waals surface area contributed by atoms with Crippen LogP contribution in [-0.2, 0) is 14.3 Å². The van der Waals surface area contributed by atoms with Crippen LogP contribution in [0.4, 0.5) is 0 Å². The molecule has 1 unspecified atom stereocenters. The lowest BCUT2D eigenvalue weighted by molar-refractivity contribution is -0.125. The van der Waals surface area contributed by atoms with E-state index >= 15 is 0 Å². The highest BCUT2D eigenvalue weighted by atomic mass is 16.5. The maximum absolute atomic E-state index is 11.3. The third kappa shape index (κ3) is 4.58. The van der Waals surface area contributed by atoms with Crippen LogP contribution in [0.2, 0.25) is 0 Å². The lowest BCUT2D eigenvalue weighted by Crippen LogP contribution is -2.32. The first-order chi connectivity index (χ1) is 6.83. The van der Waals surface area contributed by atoms with Crippen LogP contribution in [0.15, 0.2) is 0 Å². The monoisotopic (exact) mass is 201 g/mol. The van der Waals surface area contributed by atoms with E-state index in [1.807, 2.05) is 0 Å². The fourth-order valence-corrected chi connectivity index (χ4v) is 1.54. The van der Waals surface area contributed by atoms with Crippen molar-refractivity contribution in [3.63, 3.8) is 0 Å². The van der Waals surface area contributed by atoms with Crippen molar-refractivity contribution in [2.24, 2.45) is 0 Å². The summed E-state index contributed by atoms with van der Waals surface area (Å²) in [6, 6.07) is 0. The molecular formula is C10H19NO3. The molecule has 0 bridgehead atoms. The molecule has 1 aliphatic heterocycles. The Labute approximate surface area is 85.0 Å². The molecule has 1 amide bonds. The summed E-state index contributed by atoms with van der Waals surface area (Å²) >= 11 is 0. The normalized spacial score (nSPS) is 21.9. The Hall–Kier alpha value is -0.610. The van der Waals surface area contributed by atoms with Gasteiger partial charge in [0.25, 0.3) is 0 Å². The first-order valence-corrected chi connectivity index (χ1v) is 5.20. The fourth-order valence-electron chi connectivity index (χ4n) is 1.54. The number of rotatable bonds is 5. The minimum atomic E-state index is 0.0638. The summed E-state index contributed by atoms with van der Waals surface area (Å²) in [4.78, 5) is 11.3. The average molecular weight is 201 g/mol. The molecule has 1 fully saturated rings. The van der Waals surface area contributed by atoms with Crippen LogP contribution < -0.4 is 5.32 Å². The van der Waals surface area contributed by atoms with Gasteiger partial charge >= 0.3 is 0 Å². The van der Waals surface area contributed by atoms with E-state index in [0.29, 0.717) is 19.6 Å². The quantitative estimate of drug-likeness (QED) is 0.666. The van der Waals surface area contributed by atoms with Gasteiger partial charge in [-0.1, -0.05) is 0 Å². The maximum Gasteiger partial charge on any atom is 0.222 e. The molecule has 1 saturated heterocycles. The predicted octanol–water partition coefficient (Wildman–Crippen LogP) is 0.708. The van der Waals surface area contributed by atoms with Gasteiger partial charge in [0.05, 0.1) is 19.1 Å². The van der Waals surface area contributed by atoms with Crippen molar-refractivity contribution in [3.05, 3.63) is 0 Å². The van der Waals surface area contributed by atoms with Gasteiger partial charge in [0.2, 0.25) is 5.91 Å². The highest BCUT2D eigenvalue weighted by molar-refractivity contribution is 5.76. The third-order valence-electron chi connectivity index (χ3n) is 2.32. The van der Waals surface area contributed by atoms with Crippen molar-refractivity contribution in [3.8, 4) is 0 Å². The molecule has 0 spiro atoms. The standard InChI is InChI=1S/C10H19NO3/c1-13-7-5-11-10(12)8-9-4-2-3-6-14-9/h9H,2-8H2,1H3,(H,11,12). The van der Waals surface area contributed by atoms with Crippen LogP contribution in [0.3, 0.4) is 0 Å². The summed E-state index contributed by atoms with van der Waals surface area (Å²) in [6.07, 6.45) is 3.94. The van der Waals surface area contributed by atoms with E-state index < -0.39 is 0 Å². The first kappa shape index (κ1) is 11.5. The van der Waals surface area contributed by atoms with Crippen molar-refractivity contribution in [1.29, 1.82) is 0 Å². The molecule has 1 rings (SSSR count). The van der Waals surface area contributed by atoms with E-state index in [0.717, 1.165) is 19.4 Å². The second-order valence-corrected chi connectivity index (χ2v) is 3.54. The molecule has 1 heterocycles. The summed E-state index contributed by atoms with van der Waals surface area (Å²) in [6.45, 7) is 1.95. The summed E-state index contributed by atoms with van der Waals surface area (Å²) in [7, 11) is 1.62. The number of methoxy groups -OCH3 is 1. The molecule has 0 aromatic rings. The van der Waals surface area contributed by atoms with Crippen molar-refractivity contribution in [1.82, 2.24) is 5.32 Å². The summed E-state index contributed by atoms with van der Waals surface area (Å²) < 4.78 is 10.3. The van der Waals surface area contributed by atoms with Gasteiger partial charge in [0.15, 0.2) is 0 Å². The predicted molar refractivity (Wildman–Crippen MR) is 53.1 cm³/mol. The van der Waals surface area contributed by atoms with Gasteiger partial charge in [-0.25, -0.2) is 0 Å². The number of carbonyl (C=O) groups excluding carboxylic acids is 1. The molecule has 0 saturated carbocycles. The van der Waals surface area contributed by atoms with Crippen molar-refractivity contribution >= 4 is 5.91 Å². The lowest BCUT2D eigenvalue weighted by atomic mass is 10.1. The van der Waals surface area contributed by atoms with E-state index in [1.54, 1.807) is 7.11 Å². The van der Waals surface area contributed by atoms with Gasteiger partial charge in [-0.15, -0.1) is 0 Å². The molecule has 4 nitrogen and oxygen atoms in total. The number of carbonyl (C=O) groups is 1. The van der Waals surface area contributed by atoms with Crippen molar-refractivity contribution < 1.29 is 14.3 Å². The second kappa shape index (κ2) is 6.79. The van der Waals surface area contributed by atoms with Crippen LogP contribution in [-0.4, -0.2) is 38.9 Å². The van der Waals surface area contributed by atoms with Gasteiger partial charge < -0.3 is 14.8 Å². The van der Waals surface area contributed by atoms with Crippen molar-refractivity contribution in [2.45, 2.75) is 31.8 Å². The van der Waals surface area contributed by atoms with Crippen LogP contribution in [0.25, 0.3) is 0 Å². The fraction of sp³-hybridized carbons (Fsp3) is 0.900. The van der Waals surface area contributed by atoms with Crippen LogP contribution >= 0.6 is 0 Å². The highest BCUT2D eigenvalue weighted by Crippen LogP contribution is 2.15. The van der Waals surface area contributed by atoms with E-state index in [9.17, 15) is 4.79 Å². The minimum Gasteiger partial charge on any atom is -0.383 e. The number of nitrogens with one attached hydrogen (secondary N) is 1. The van der Waals surface area contributed by atoms with Gasteiger partial charge in [0.1, 0.15) is 0 Å². The van der Waals surface area contributed by atoms with E-state index in [2.05, 4.69) is 5.32 Å². The Balaban J connectivity index is 2.06. The number of ether oxygens (including phenoxy) is 2. The smallest absolute Gasteiger partial charge is 0.222 e. The summed E-state index contributed by atoms with van der Waals surface area (Å²) in [5, 5.41) is 2.79. The molecule has 1 atom stereocenters. The van der Waals surface area contributed by atoms with Gasteiger partial charge in [-0.3, -0.25) is 4.79 Å². The Kier molecular flexibility index (Phi) is 5.56. The van der Waals surface area contributed by atoms with E-state index in [-0.39, 0.29) is 12.0 Å². The molecule has 0 aliphatic carbocycles. The summed E-state index contributed by atoms with van der Waals surface area (Å²) in [5.74, 6) is 0.0638. The van der Waals surface area contributed by atoms with Crippen LogP contribution in [0, 0.1) is 0 Å². The van der Waals surface area contributed by atoms with E-state index in [4.69, 9.17) is 9.47 Å². The Morgan fingerprint density at radius 2 is 2.43 bits per heavy atom. The summed E-state index contributed by atoms with van der Waals surface area (Å²) in [5.41, 5.74) is 0. The van der Waals surface area contributed by atoms with Crippen LogP contribution in [0.1, 0.15) is 25.7 Å². The van der Waals surface area contributed by atoms with Gasteiger partial charge in [0, 0.05) is 20.3 Å². The first-order valence-electron chi connectivity index (χ1n) is 5.20. The van der Waals surface area contributed by atoms with E-state index in [1.165, 1.54) is 6.42 Å². The molecule has 0 aromatic heterocycles. The Morgan fingerprint density at radius 1 is 1.57 bits per heavy atom. The lowest BCUT2D eigenvalue weighted by Gasteiger charge is -2.21. The maximum atomic E-state index is 11.3. The number of hydrogen-bond donors (Lipinski definition) is 1. The zero-order valence-corrected chi connectivity index (χ0v) is 8.75. The molecule has 14 heavy (non-hydrogen) atoms. The largest absolute Gasteiger partial charge is 0.383 e. The Morgan fingerprint density at radius 3 is 3.07 bits per heavy atom. The number of hydrogen-bond acceptors (Lipinski definition) is 3. The average Bonchev–Trinajstić information content (AvgIpc) is 2.20. The van der Waals surface area contributed by atoms with Crippen molar-refractivity contribution in [2.75, 3.05) is 26.9 Å². The Bertz CT molecular complexity index is 167. The molecule has 1 N–H and O–H groups in total. The molecule has 4 heteroatoms. The third-order valence-corrected chi connectivity index (χ3v) is 2.32. The highest BCUT2D eigenvalue weighted by Gasteiger charge is 2.16. The second-order valence-electron chi connectivity index (χ2n) is 3.54. The molecule has 82 valence electrons. The minimum absolute atomic E-state index is 0.0638. The molecule has 0 radical (unpaired) electrons. The molecule has 0 aromatic carbocycles. The number of amides is 1. The molecular weight excluding hydrogens is 182 g/mol.